The van der Waals surface area contributed by atoms with Crippen molar-refractivity contribution >= 4 is 27.8 Å². The highest BCUT2D eigenvalue weighted by Gasteiger charge is 2.39. The van der Waals surface area contributed by atoms with Gasteiger partial charge in [-0.15, -0.1) is 0 Å². The summed E-state index contributed by atoms with van der Waals surface area (Å²) in [5.41, 5.74) is 1.02. The highest BCUT2D eigenvalue weighted by Crippen LogP contribution is 2.45. The number of hydrogen-bond donors (Lipinski definition) is 1. The van der Waals surface area contributed by atoms with E-state index >= 15 is 0 Å². The van der Waals surface area contributed by atoms with Crippen molar-refractivity contribution in [3.8, 4) is 5.75 Å². The van der Waals surface area contributed by atoms with Crippen molar-refractivity contribution in [3.05, 3.63) is 58.9 Å². The third kappa shape index (κ3) is 5.25. The number of fused-ring (bicyclic) bond motifs is 3. The van der Waals surface area contributed by atoms with Gasteiger partial charge in [-0.1, -0.05) is 32.1 Å². The molecule has 2 aromatic rings. The van der Waals surface area contributed by atoms with E-state index in [1.165, 1.54) is 25.3 Å². The van der Waals surface area contributed by atoms with Gasteiger partial charge in [-0.3, -0.25) is 4.72 Å². The molecule has 0 saturated carbocycles. The molecule has 2 atom stereocenters. The monoisotopic (exact) mass is 518 g/mol. The number of sulfonamides is 1. The van der Waals surface area contributed by atoms with Gasteiger partial charge in [0.05, 0.1) is 23.8 Å². The molecule has 8 nitrogen and oxygen atoms in total. The third-order valence-electron chi connectivity index (χ3n) is 6.64. The predicted molar refractivity (Wildman–Crippen MR) is 134 cm³/mol. The van der Waals surface area contributed by atoms with Crippen LogP contribution in [0.25, 0.3) is 6.08 Å². The lowest BCUT2D eigenvalue weighted by Crippen LogP contribution is -2.30. The third-order valence-corrected chi connectivity index (χ3v) is 8.08. The molecule has 0 spiro atoms. The fourth-order valence-electron chi connectivity index (χ4n) is 4.67. The number of hydrogen-bond acceptors (Lipinski definition) is 7. The van der Waals surface area contributed by atoms with E-state index in [-0.39, 0.29) is 40.3 Å². The average Bonchev–Trinajstić information content (AvgIpc) is 3.35. The van der Waals surface area contributed by atoms with E-state index in [9.17, 15) is 17.6 Å². The van der Waals surface area contributed by atoms with Gasteiger partial charge in [0.1, 0.15) is 23.7 Å². The summed E-state index contributed by atoms with van der Waals surface area (Å²) in [5.74, 6) is -0.919. The molecule has 2 heterocycles. The highest BCUT2D eigenvalue weighted by molar-refractivity contribution is 7.92. The maximum absolute atomic E-state index is 14.0. The van der Waals surface area contributed by atoms with E-state index in [0.717, 1.165) is 31.1 Å². The van der Waals surface area contributed by atoms with Crippen LogP contribution >= 0.6 is 0 Å². The normalized spacial score (nSPS) is 19.1. The summed E-state index contributed by atoms with van der Waals surface area (Å²) in [6, 6.07) is 6.76. The predicted octanol–water partition coefficient (Wildman–Crippen LogP) is 4.03. The van der Waals surface area contributed by atoms with Crippen LogP contribution in [0.4, 0.5) is 10.1 Å². The molecular weight excluding hydrogens is 487 g/mol. The van der Waals surface area contributed by atoms with Gasteiger partial charge in [0, 0.05) is 24.6 Å². The lowest BCUT2D eigenvalue weighted by molar-refractivity contribution is 0.0469. The van der Waals surface area contributed by atoms with Crippen LogP contribution in [-0.2, 0) is 19.5 Å². The SMILES string of the molecule is CCN(CC)CC=Cc1cc(F)ccc1S(=O)(=O)Nc1ccc2c(c1C(=O)OC)OCC1OCCC21. The average molecular weight is 519 g/mol. The summed E-state index contributed by atoms with van der Waals surface area (Å²) < 4.78 is 60.0. The summed E-state index contributed by atoms with van der Waals surface area (Å²) in [6.45, 7) is 7.17. The Bertz CT molecular complexity index is 1260. The Morgan fingerprint density at radius 1 is 1.25 bits per heavy atom. The number of nitrogens with one attached hydrogen (secondary N) is 1. The molecule has 0 amide bonds. The fourth-order valence-corrected chi connectivity index (χ4v) is 5.93. The Balaban J connectivity index is 1.70. The van der Waals surface area contributed by atoms with Gasteiger partial charge in [-0.05, 0) is 49.3 Å². The zero-order valence-corrected chi connectivity index (χ0v) is 21.4. The first-order valence-corrected chi connectivity index (χ1v) is 13.5. The number of carbonyl (C=O) groups excluding carboxylic acids is 1. The van der Waals surface area contributed by atoms with Crippen LogP contribution < -0.4 is 9.46 Å². The fraction of sp³-hybridized carbons (Fsp3) is 0.423. The van der Waals surface area contributed by atoms with Crippen LogP contribution in [0.5, 0.6) is 5.75 Å². The standard InChI is InChI=1S/C26H31FN2O6S/c1-4-29(5-2)13-6-7-17-15-18(27)8-11-23(17)36(31,32)28-21-10-9-20-19-12-14-34-22(19)16-35-25(20)24(21)26(30)33-3/h6-11,15,19,22,28H,4-5,12-14,16H2,1-3H3. The van der Waals surface area contributed by atoms with E-state index in [1.54, 1.807) is 18.2 Å². The molecule has 1 fully saturated rings. The number of nitrogens with zero attached hydrogens (tertiary/aromatic N) is 1. The Labute approximate surface area is 211 Å². The minimum atomic E-state index is -4.20. The number of anilines is 1. The number of ether oxygens (including phenoxy) is 3. The molecule has 2 aliphatic rings. The molecule has 0 bridgehead atoms. The van der Waals surface area contributed by atoms with Gasteiger partial charge in [0.25, 0.3) is 10.0 Å². The molecule has 0 aliphatic carbocycles. The molecule has 10 heteroatoms. The maximum atomic E-state index is 14.0. The van der Waals surface area contributed by atoms with Gasteiger partial charge in [0.2, 0.25) is 0 Å². The van der Waals surface area contributed by atoms with E-state index in [4.69, 9.17) is 14.2 Å². The van der Waals surface area contributed by atoms with Crippen molar-refractivity contribution in [2.45, 2.75) is 37.2 Å². The van der Waals surface area contributed by atoms with E-state index in [1.807, 2.05) is 13.8 Å². The Kier molecular flexibility index (Phi) is 7.97. The van der Waals surface area contributed by atoms with Crippen LogP contribution in [-0.4, -0.2) is 65.3 Å². The number of methoxy groups -OCH3 is 1. The molecule has 2 aliphatic heterocycles. The number of halogens is 1. The minimum Gasteiger partial charge on any atom is -0.490 e. The Hall–Kier alpha value is -2.95. The summed E-state index contributed by atoms with van der Waals surface area (Å²) >= 11 is 0. The van der Waals surface area contributed by atoms with Crippen LogP contribution in [0, 0.1) is 5.82 Å². The lowest BCUT2D eigenvalue weighted by Gasteiger charge is -2.29. The minimum absolute atomic E-state index is 0.00432. The van der Waals surface area contributed by atoms with E-state index < -0.39 is 21.8 Å². The van der Waals surface area contributed by atoms with Gasteiger partial charge >= 0.3 is 5.97 Å². The summed E-state index contributed by atoms with van der Waals surface area (Å²) in [7, 11) is -2.98. The first-order valence-electron chi connectivity index (χ1n) is 12.0. The van der Waals surface area contributed by atoms with Gasteiger partial charge < -0.3 is 19.1 Å². The van der Waals surface area contributed by atoms with Crippen LogP contribution in [0.3, 0.4) is 0 Å². The topological polar surface area (TPSA) is 94.2 Å². The number of likely N-dealkylation sites (N-methyl/N-ethyl adjacent to an activating group) is 1. The molecule has 0 aromatic heterocycles. The summed E-state index contributed by atoms with van der Waals surface area (Å²) in [6.07, 6.45) is 4.07. The first kappa shape index (κ1) is 26.1. The number of benzene rings is 2. The second kappa shape index (κ2) is 11.0. The van der Waals surface area contributed by atoms with Crippen molar-refractivity contribution in [1.82, 2.24) is 4.90 Å². The highest BCUT2D eigenvalue weighted by atomic mass is 32.2. The first-order chi connectivity index (χ1) is 17.3. The quantitative estimate of drug-likeness (QED) is 0.501. The molecule has 1 saturated heterocycles. The maximum Gasteiger partial charge on any atom is 0.343 e. The van der Waals surface area contributed by atoms with Crippen molar-refractivity contribution in [2.75, 3.05) is 44.7 Å². The van der Waals surface area contributed by atoms with Gasteiger partial charge in [-0.2, -0.15) is 0 Å². The van der Waals surface area contributed by atoms with Crippen molar-refractivity contribution in [2.24, 2.45) is 0 Å². The van der Waals surface area contributed by atoms with Crippen LogP contribution in [0.2, 0.25) is 0 Å². The molecule has 0 radical (unpaired) electrons. The largest absolute Gasteiger partial charge is 0.490 e. The van der Waals surface area contributed by atoms with E-state index in [0.29, 0.717) is 18.9 Å². The molecule has 2 unspecified atom stereocenters. The molecule has 194 valence electrons. The summed E-state index contributed by atoms with van der Waals surface area (Å²) in [4.78, 5) is 14.8. The molecule has 1 N–H and O–H groups in total. The number of rotatable bonds is 9. The second-order valence-corrected chi connectivity index (χ2v) is 10.3. The molecule has 2 aromatic carbocycles. The summed E-state index contributed by atoms with van der Waals surface area (Å²) in [5, 5.41) is 0. The second-order valence-electron chi connectivity index (χ2n) is 8.69. The zero-order chi connectivity index (χ0) is 25.9. The molecular formula is C26H31FN2O6S. The Morgan fingerprint density at radius 3 is 2.75 bits per heavy atom. The van der Waals surface area contributed by atoms with E-state index in [2.05, 4.69) is 9.62 Å². The van der Waals surface area contributed by atoms with Gasteiger partial charge in [0.15, 0.2) is 0 Å². The van der Waals surface area contributed by atoms with Crippen LogP contribution in [0.1, 0.15) is 47.7 Å². The number of esters is 1. The van der Waals surface area contributed by atoms with Crippen molar-refractivity contribution in [1.29, 1.82) is 0 Å². The van der Waals surface area contributed by atoms with Crippen molar-refractivity contribution in [3.63, 3.8) is 0 Å². The Morgan fingerprint density at radius 2 is 2.03 bits per heavy atom. The van der Waals surface area contributed by atoms with Crippen molar-refractivity contribution < 1.29 is 31.8 Å². The lowest BCUT2D eigenvalue weighted by atomic mass is 9.88. The molecule has 4 rings (SSSR count). The zero-order valence-electron chi connectivity index (χ0n) is 20.6. The van der Waals surface area contributed by atoms with Gasteiger partial charge in [-0.25, -0.2) is 17.6 Å². The van der Waals surface area contributed by atoms with Crippen LogP contribution in [0.15, 0.2) is 41.3 Å². The smallest absolute Gasteiger partial charge is 0.343 e. The number of carbonyl (C=O) groups is 1. The molecule has 36 heavy (non-hydrogen) atoms.